The molecule has 1 unspecified atom stereocenters. The Morgan fingerprint density at radius 1 is 0.561 bits per heavy atom. The van der Waals surface area contributed by atoms with Gasteiger partial charge in [0.05, 0.1) is 59.5 Å². The number of ether oxygens (including phenoxy) is 7. The van der Waals surface area contributed by atoms with Crippen LogP contribution in [-0.2, 0) is 38.0 Å². The number of hydrogen-bond acceptors (Lipinski definition) is 8. The van der Waals surface area contributed by atoms with Crippen molar-refractivity contribution < 1.29 is 38.0 Å². The van der Waals surface area contributed by atoms with Crippen molar-refractivity contribution >= 4 is 5.97 Å². The van der Waals surface area contributed by atoms with Crippen LogP contribution in [0.1, 0.15) is 129 Å². The predicted octanol–water partition coefficient (Wildman–Crippen LogP) is 7.40. The van der Waals surface area contributed by atoms with Crippen LogP contribution in [0.15, 0.2) is 0 Å². The van der Waals surface area contributed by atoms with Gasteiger partial charge < -0.3 is 33.2 Å². The van der Waals surface area contributed by atoms with Crippen molar-refractivity contribution in [3.05, 3.63) is 0 Å². The predicted molar refractivity (Wildman–Crippen MR) is 163 cm³/mol. The summed E-state index contributed by atoms with van der Waals surface area (Å²) < 4.78 is 38.3. The molecule has 1 aliphatic heterocycles. The molecule has 1 rings (SSSR count). The molecule has 1 saturated heterocycles. The summed E-state index contributed by atoms with van der Waals surface area (Å²) in [6, 6.07) is 0. The van der Waals surface area contributed by atoms with Crippen molar-refractivity contribution in [2.24, 2.45) is 0 Å². The van der Waals surface area contributed by atoms with Gasteiger partial charge in [0.25, 0.3) is 0 Å². The minimum atomic E-state index is -0.119. The lowest BCUT2D eigenvalue weighted by Gasteiger charge is -2.22. The molecule has 0 aliphatic carbocycles. The van der Waals surface area contributed by atoms with E-state index < -0.39 is 0 Å². The van der Waals surface area contributed by atoms with E-state index in [4.69, 9.17) is 33.2 Å². The highest BCUT2D eigenvalue weighted by molar-refractivity contribution is 5.69. The van der Waals surface area contributed by atoms with E-state index in [1.807, 2.05) is 0 Å². The SMILES string of the molecule is CCCCCCCCCCCCCCCCCC(=O)OCCOCCOCCOCCOCCOC1CCCCO1. The molecular formula is C33H64O8. The first-order chi connectivity index (χ1) is 20.3. The third-order valence-corrected chi connectivity index (χ3v) is 7.26. The van der Waals surface area contributed by atoms with Crippen molar-refractivity contribution in [3.63, 3.8) is 0 Å². The zero-order chi connectivity index (χ0) is 29.3. The van der Waals surface area contributed by atoms with E-state index in [9.17, 15) is 4.79 Å². The monoisotopic (exact) mass is 588 g/mol. The molecule has 244 valence electrons. The Morgan fingerprint density at radius 3 is 1.46 bits per heavy atom. The molecule has 1 fully saturated rings. The van der Waals surface area contributed by atoms with Crippen LogP contribution in [0.5, 0.6) is 0 Å². The highest BCUT2D eigenvalue weighted by Gasteiger charge is 2.13. The molecule has 41 heavy (non-hydrogen) atoms. The first kappa shape index (κ1) is 38.3. The quantitative estimate of drug-likeness (QED) is 0.0594. The maximum absolute atomic E-state index is 11.8. The van der Waals surface area contributed by atoms with E-state index in [0.29, 0.717) is 72.5 Å². The molecule has 0 aromatic heterocycles. The molecule has 0 saturated carbocycles. The van der Waals surface area contributed by atoms with Crippen LogP contribution < -0.4 is 0 Å². The fourth-order valence-electron chi connectivity index (χ4n) is 4.77. The first-order valence-electron chi connectivity index (χ1n) is 17.0. The number of esters is 1. The van der Waals surface area contributed by atoms with Crippen LogP contribution >= 0.6 is 0 Å². The van der Waals surface area contributed by atoms with Crippen LogP contribution in [0, 0.1) is 0 Å². The van der Waals surface area contributed by atoms with Gasteiger partial charge in [0, 0.05) is 13.0 Å². The van der Waals surface area contributed by atoms with Gasteiger partial charge in [0.15, 0.2) is 6.29 Å². The minimum absolute atomic E-state index is 0.0618. The van der Waals surface area contributed by atoms with E-state index in [1.165, 1.54) is 89.9 Å². The second kappa shape index (κ2) is 32.2. The second-order valence-electron chi connectivity index (χ2n) is 11.0. The van der Waals surface area contributed by atoms with Gasteiger partial charge in [-0.05, 0) is 25.7 Å². The zero-order valence-electron chi connectivity index (χ0n) is 26.6. The number of carbonyl (C=O) groups excluding carboxylic acids is 1. The van der Waals surface area contributed by atoms with E-state index >= 15 is 0 Å². The summed E-state index contributed by atoms with van der Waals surface area (Å²) in [6.45, 7) is 7.95. The highest BCUT2D eigenvalue weighted by atomic mass is 16.7. The van der Waals surface area contributed by atoms with E-state index in [0.717, 1.165) is 32.3 Å². The average molecular weight is 589 g/mol. The fraction of sp³-hybridized carbons (Fsp3) is 0.970. The molecule has 0 aromatic carbocycles. The third-order valence-electron chi connectivity index (χ3n) is 7.26. The lowest BCUT2D eigenvalue weighted by atomic mass is 10.0. The maximum atomic E-state index is 11.8. The van der Waals surface area contributed by atoms with Crippen molar-refractivity contribution in [1.29, 1.82) is 0 Å². The summed E-state index contributed by atoms with van der Waals surface area (Å²) >= 11 is 0. The first-order valence-corrected chi connectivity index (χ1v) is 17.0. The van der Waals surface area contributed by atoms with Crippen LogP contribution in [-0.4, -0.2) is 84.9 Å². The van der Waals surface area contributed by atoms with Gasteiger partial charge in [-0.15, -0.1) is 0 Å². The van der Waals surface area contributed by atoms with Crippen LogP contribution in [0.3, 0.4) is 0 Å². The van der Waals surface area contributed by atoms with Crippen molar-refractivity contribution in [2.45, 2.75) is 135 Å². The lowest BCUT2D eigenvalue weighted by Crippen LogP contribution is -2.24. The van der Waals surface area contributed by atoms with Crippen molar-refractivity contribution in [1.82, 2.24) is 0 Å². The van der Waals surface area contributed by atoms with Gasteiger partial charge in [-0.1, -0.05) is 96.8 Å². The maximum Gasteiger partial charge on any atom is 0.305 e. The van der Waals surface area contributed by atoms with E-state index in [1.54, 1.807) is 0 Å². The molecule has 0 bridgehead atoms. The molecule has 0 spiro atoms. The van der Waals surface area contributed by atoms with Crippen LogP contribution in [0.25, 0.3) is 0 Å². The van der Waals surface area contributed by atoms with E-state index in [-0.39, 0.29) is 12.3 Å². The van der Waals surface area contributed by atoms with Crippen molar-refractivity contribution in [3.8, 4) is 0 Å². The molecule has 1 aliphatic rings. The van der Waals surface area contributed by atoms with Gasteiger partial charge in [-0.2, -0.15) is 0 Å². The fourth-order valence-corrected chi connectivity index (χ4v) is 4.77. The highest BCUT2D eigenvalue weighted by Crippen LogP contribution is 2.14. The Kier molecular flexibility index (Phi) is 30.0. The van der Waals surface area contributed by atoms with Gasteiger partial charge >= 0.3 is 5.97 Å². The van der Waals surface area contributed by atoms with Crippen LogP contribution in [0.2, 0.25) is 0 Å². The average Bonchev–Trinajstić information content (AvgIpc) is 2.99. The topological polar surface area (TPSA) is 81.7 Å². The summed E-state index contributed by atoms with van der Waals surface area (Å²) in [5.41, 5.74) is 0. The smallest absolute Gasteiger partial charge is 0.305 e. The molecule has 8 nitrogen and oxygen atoms in total. The summed E-state index contributed by atoms with van der Waals surface area (Å²) in [4.78, 5) is 11.8. The minimum Gasteiger partial charge on any atom is -0.463 e. The lowest BCUT2D eigenvalue weighted by molar-refractivity contribution is -0.169. The number of carbonyl (C=O) groups is 1. The molecule has 0 aromatic rings. The van der Waals surface area contributed by atoms with Crippen molar-refractivity contribution in [2.75, 3.05) is 72.7 Å². The Balaban J connectivity index is 1.66. The molecule has 0 N–H and O–H groups in total. The number of unbranched alkanes of at least 4 members (excludes halogenated alkanes) is 14. The summed E-state index contributed by atoms with van der Waals surface area (Å²) in [7, 11) is 0. The Morgan fingerprint density at radius 2 is 1.00 bits per heavy atom. The zero-order valence-corrected chi connectivity index (χ0v) is 26.6. The van der Waals surface area contributed by atoms with Gasteiger partial charge in [-0.25, -0.2) is 0 Å². The summed E-state index contributed by atoms with van der Waals surface area (Å²) in [6.07, 6.45) is 23.6. The van der Waals surface area contributed by atoms with Crippen LogP contribution in [0.4, 0.5) is 0 Å². The Hall–Kier alpha value is -0.770. The normalized spacial score (nSPS) is 15.4. The molecule has 0 radical (unpaired) electrons. The molecular weight excluding hydrogens is 524 g/mol. The molecule has 1 atom stereocenters. The molecule has 1 heterocycles. The van der Waals surface area contributed by atoms with Gasteiger partial charge in [-0.3, -0.25) is 4.79 Å². The number of hydrogen-bond donors (Lipinski definition) is 0. The summed E-state index contributed by atoms with van der Waals surface area (Å²) in [5, 5.41) is 0. The van der Waals surface area contributed by atoms with E-state index in [2.05, 4.69) is 6.92 Å². The summed E-state index contributed by atoms with van der Waals surface area (Å²) in [5.74, 6) is -0.119. The largest absolute Gasteiger partial charge is 0.463 e. The second-order valence-corrected chi connectivity index (χ2v) is 11.0. The Bertz CT molecular complexity index is 527. The standard InChI is InChI=1S/C33H64O8/c1-2-3-4-5-6-7-8-9-10-11-12-13-14-15-16-19-32(34)39-30-28-37-26-24-35-22-23-36-25-27-38-29-31-41-33-20-17-18-21-40-33/h33H,2-31H2,1H3. The molecule has 0 amide bonds. The number of rotatable bonds is 32. The molecule has 8 heteroatoms. The van der Waals surface area contributed by atoms with Gasteiger partial charge in [0.1, 0.15) is 6.61 Å². The van der Waals surface area contributed by atoms with Gasteiger partial charge in [0.2, 0.25) is 0 Å². The Labute approximate surface area is 251 Å². The third kappa shape index (κ3) is 29.1.